The number of thioether (sulfide) groups is 1. The molecular formula is C15H14F3NS. The Hall–Kier alpha value is -1.46. The van der Waals surface area contributed by atoms with Gasteiger partial charge in [-0.15, -0.1) is 11.8 Å². The van der Waals surface area contributed by atoms with Crippen molar-refractivity contribution in [2.75, 3.05) is 0 Å². The molecule has 2 N–H and O–H groups in total. The van der Waals surface area contributed by atoms with Crippen LogP contribution in [0.4, 0.5) is 13.2 Å². The molecule has 0 fully saturated rings. The van der Waals surface area contributed by atoms with E-state index in [1.165, 1.54) is 17.8 Å². The zero-order valence-corrected chi connectivity index (χ0v) is 11.5. The Balaban J connectivity index is 2.16. The van der Waals surface area contributed by atoms with Crippen molar-refractivity contribution in [3.05, 3.63) is 65.2 Å². The zero-order chi connectivity index (χ0) is 14.6. The molecular weight excluding hydrogens is 283 g/mol. The van der Waals surface area contributed by atoms with Crippen molar-refractivity contribution >= 4 is 11.8 Å². The van der Waals surface area contributed by atoms with Gasteiger partial charge < -0.3 is 5.73 Å². The summed E-state index contributed by atoms with van der Waals surface area (Å²) in [4.78, 5) is 0.796. The van der Waals surface area contributed by atoms with E-state index in [-0.39, 0.29) is 6.54 Å². The first-order valence-corrected chi connectivity index (χ1v) is 7.06. The predicted molar refractivity (Wildman–Crippen MR) is 75.3 cm³/mol. The van der Waals surface area contributed by atoms with Gasteiger partial charge >= 0.3 is 6.18 Å². The second-order valence-corrected chi connectivity index (χ2v) is 5.32. The van der Waals surface area contributed by atoms with Crippen LogP contribution in [0.2, 0.25) is 0 Å². The van der Waals surface area contributed by atoms with Crippen molar-refractivity contribution in [3.63, 3.8) is 0 Å². The van der Waals surface area contributed by atoms with Crippen LogP contribution in [-0.4, -0.2) is 0 Å². The van der Waals surface area contributed by atoms with Gasteiger partial charge in [0.25, 0.3) is 0 Å². The number of hydrogen-bond acceptors (Lipinski definition) is 2. The summed E-state index contributed by atoms with van der Waals surface area (Å²) < 4.78 is 37.9. The second-order valence-electron chi connectivity index (χ2n) is 4.30. The topological polar surface area (TPSA) is 26.0 Å². The summed E-state index contributed by atoms with van der Waals surface area (Å²) in [6.07, 6.45) is -4.33. The molecule has 0 unspecified atom stereocenters. The Morgan fingerprint density at radius 3 is 2.30 bits per heavy atom. The first-order chi connectivity index (χ1) is 9.50. The number of nitrogens with two attached hydrogens (primary N) is 1. The van der Waals surface area contributed by atoms with Crippen molar-refractivity contribution < 1.29 is 13.2 Å². The highest BCUT2D eigenvalue weighted by molar-refractivity contribution is 7.98. The molecule has 0 spiro atoms. The predicted octanol–water partition coefficient (Wildman–Crippen LogP) is 4.46. The van der Waals surface area contributed by atoms with E-state index >= 15 is 0 Å². The molecule has 0 radical (unpaired) electrons. The normalized spacial score (nSPS) is 11.6. The van der Waals surface area contributed by atoms with E-state index in [0.29, 0.717) is 11.3 Å². The summed E-state index contributed by atoms with van der Waals surface area (Å²) in [5, 5.41) is 0. The molecule has 106 valence electrons. The van der Waals surface area contributed by atoms with Gasteiger partial charge in [0, 0.05) is 17.2 Å². The molecule has 2 aromatic carbocycles. The fourth-order valence-electron chi connectivity index (χ4n) is 1.79. The lowest BCUT2D eigenvalue weighted by atomic mass is 10.1. The highest BCUT2D eigenvalue weighted by Gasteiger charge is 2.30. The van der Waals surface area contributed by atoms with Crippen LogP contribution in [0, 0.1) is 0 Å². The van der Waals surface area contributed by atoms with Crippen LogP contribution in [0.3, 0.4) is 0 Å². The molecule has 0 saturated heterocycles. The third kappa shape index (κ3) is 3.77. The summed E-state index contributed by atoms with van der Waals surface area (Å²) in [6, 6.07) is 13.5. The Labute approximate surface area is 120 Å². The quantitative estimate of drug-likeness (QED) is 0.843. The lowest BCUT2D eigenvalue weighted by molar-refractivity contribution is -0.137. The molecule has 0 bridgehead atoms. The summed E-state index contributed by atoms with van der Waals surface area (Å²) in [5.74, 6) is 0.708. The maximum absolute atomic E-state index is 12.6. The van der Waals surface area contributed by atoms with Crippen LogP contribution in [-0.2, 0) is 18.5 Å². The van der Waals surface area contributed by atoms with E-state index in [2.05, 4.69) is 0 Å². The molecule has 20 heavy (non-hydrogen) atoms. The molecule has 2 rings (SSSR count). The van der Waals surface area contributed by atoms with Crippen LogP contribution < -0.4 is 5.73 Å². The monoisotopic (exact) mass is 297 g/mol. The average molecular weight is 297 g/mol. The van der Waals surface area contributed by atoms with Crippen LogP contribution >= 0.6 is 11.8 Å². The standard InChI is InChI=1S/C15H14F3NS/c16-15(17,18)13-6-7-14(12(8-13)9-19)20-10-11-4-2-1-3-5-11/h1-8H,9-10,19H2. The van der Waals surface area contributed by atoms with Crippen LogP contribution in [0.5, 0.6) is 0 Å². The van der Waals surface area contributed by atoms with Crippen molar-refractivity contribution in [3.8, 4) is 0 Å². The SMILES string of the molecule is NCc1cc(C(F)(F)F)ccc1SCc1ccccc1. The molecule has 0 amide bonds. The molecule has 0 aliphatic heterocycles. The van der Waals surface area contributed by atoms with E-state index in [1.807, 2.05) is 30.3 Å². The largest absolute Gasteiger partial charge is 0.416 e. The smallest absolute Gasteiger partial charge is 0.326 e. The van der Waals surface area contributed by atoms with Crippen molar-refractivity contribution in [1.29, 1.82) is 0 Å². The highest BCUT2D eigenvalue weighted by atomic mass is 32.2. The maximum atomic E-state index is 12.6. The van der Waals surface area contributed by atoms with Crippen LogP contribution in [0.1, 0.15) is 16.7 Å². The lowest BCUT2D eigenvalue weighted by Crippen LogP contribution is -2.07. The Morgan fingerprint density at radius 1 is 1.00 bits per heavy atom. The number of halogens is 3. The minimum atomic E-state index is -4.33. The van der Waals surface area contributed by atoms with Gasteiger partial charge in [0.05, 0.1) is 5.56 Å². The Morgan fingerprint density at radius 2 is 1.70 bits per heavy atom. The van der Waals surface area contributed by atoms with Gasteiger partial charge in [0.15, 0.2) is 0 Å². The number of alkyl halides is 3. The lowest BCUT2D eigenvalue weighted by Gasteiger charge is -2.12. The van der Waals surface area contributed by atoms with Crippen LogP contribution in [0.25, 0.3) is 0 Å². The first-order valence-electron chi connectivity index (χ1n) is 6.07. The van der Waals surface area contributed by atoms with Gasteiger partial charge in [-0.3, -0.25) is 0 Å². The third-order valence-electron chi connectivity index (χ3n) is 2.84. The fraction of sp³-hybridized carbons (Fsp3) is 0.200. The van der Waals surface area contributed by atoms with E-state index in [4.69, 9.17) is 5.73 Å². The average Bonchev–Trinajstić information content (AvgIpc) is 2.45. The summed E-state index contributed by atoms with van der Waals surface area (Å²) in [5.41, 5.74) is 6.55. The molecule has 2 aromatic rings. The first kappa shape index (κ1) is 14.9. The van der Waals surface area contributed by atoms with Gasteiger partial charge in [-0.05, 0) is 29.3 Å². The molecule has 5 heteroatoms. The van der Waals surface area contributed by atoms with Gasteiger partial charge in [-0.25, -0.2) is 0 Å². The van der Waals surface area contributed by atoms with Gasteiger partial charge in [0.1, 0.15) is 0 Å². The van der Waals surface area contributed by atoms with Gasteiger partial charge in [0.2, 0.25) is 0 Å². The number of hydrogen-bond donors (Lipinski definition) is 1. The molecule has 1 nitrogen and oxygen atoms in total. The van der Waals surface area contributed by atoms with Crippen molar-refractivity contribution in [2.45, 2.75) is 23.4 Å². The van der Waals surface area contributed by atoms with Crippen molar-refractivity contribution in [1.82, 2.24) is 0 Å². The minimum Gasteiger partial charge on any atom is -0.326 e. The van der Waals surface area contributed by atoms with E-state index in [0.717, 1.165) is 22.6 Å². The molecule has 0 heterocycles. The van der Waals surface area contributed by atoms with Crippen LogP contribution in [0.15, 0.2) is 53.4 Å². The van der Waals surface area contributed by atoms with E-state index < -0.39 is 11.7 Å². The number of rotatable bonds is 4. The fourth-order valence-corrected chi connectivity index (χ4v) is 2.80. The van der Waals surface area contributed by atoms with Gasteiger partial charge in [-0.2, -0.15) is 13.2 Å². The summed E-state index contributed by atoms with van der Waals surface area (Å²) in [6.45, 7) is 0.0983. The molecule has 0 atom stereocenters. The third-order valence-corrected chi connectivity index (χ3v) is 4.03. The summed E-state index contributed by atoms with van der Waals surface area (Å²) >= 11 is 1.50. The Kier molecular flexibility index (Phi) is 4.73. The highest BCUT2D eigenvalue weighted by Crippen LogP contribution is 2.33. The Bertz CT molecular complexity index is 567. The number of benzene rings is 2. The zero-order valence-electron chi connectivity index (χ0n) is 10.7. The molecule has 0 saturated carbocycles. The molecule has 0 aliphatic carbocycles. The second kappa shape index (κ2) is 6.33. The molecule has 0 aromatic heterocycles. The summed E-state index contributed by atoms with van der Waals surface area (Å²) in [7, 11) is 0. The maximum Gasteiger partial charge on any atom is 0.416 e. The van der Waals surface area contributed by atoms with E-state index in [1.54, 1.807) is 0 Å². The minimum absolute atomic E-state index is 0.0983. The van der Waals surface area contributed by atoms with Gasteiger partial charge in [-0.1, -0.05) is 30.3 Å². The van der Waals surface area contributed by atoms with Crippen molar-refractivity contribution in [2.24, 2.45) is 5.73 Å². The van der Waals surface area contributed by atoms with E-state index in [9.17, 15) is 13.2 Å². The molecule has 0 aliphatic rings.